The lowest BCUT2D eigenvalue weighted by Gasteiger charge is -2.35. The molecule has 0 aliphatic heterocycles. The van der Waals surface area contributed by atoms with E-state index in [9.17, 15) is 14.4 Å². The predicted molar refractivity (Wildman–Crippen MR) is 87.0 cm³/mol. The maximum Gasteiger partial charge on any atom is 0.335 e. The van der Waals surface area contributed by atoms with Crippen LogP contribution >= 0.6 is 0 Å². The second-order valence-electron chi connectivity index (χ2n) is 5.61. The molecule has 1 aliphatic carbocycles. The van der Waals surface area contributed by atoms with E-state index in [0.29, 0.717) is 11.1 Å². The number of fused-ring (bicyclic) bond motifs is 1. The molecule has 0 saturated carbocycles. The monoisotopic (exact) mass is 322 g/mol. The van der Waals surface area contributed by atoms with Gasteiger partial charge in [0.2, 0.25) is 0 Å². The fourth-order valence-electron chi connectivity index (χ4n) is 3.21. The highest BCUT2D eigenvalue weighted by Crippen LogP contribution is 2.46. The molecule has 0 saturated heterocycles. The summed E-state index contributed by atoms with van der Waals surface area (Å²) in [5, 5.41) is 10.0. The van der Waals surface area contributed by atoms with Gasteiger partial charge in [-0.1, -0.05) is 42.5 Å². The van der Waals surface area contributed by atoms with Gasteiger partial charge in [-0.25, -0.2) is 9.18 Å². The van der Waals surface area contributed by atoms with Crippen LogP contribution in [0.25, 0.3) is 5.70 Å². The molecule has 2 aromatic rings. The smallest absolute Gasteiger partial charge is 0.335 e. The lowest BCUT2D eigenvalue weighted by molar-refractivity contribution is -0.136. The fraction of sp³-hybridized carbons (Fsp3) is 0.158. The number of hydrogen-bond donors (Lipinski definition) is 1. The summed E-state index contributed by atoms with van der Waals surface area (Å²) in [6, 6.07) is 15.8. The Labute approximate surface area is 139 Å². The number of esters is 1. The molecule has 0 fully saturated rings. The Morgan fingerprint density at radius 1 is 1.25 bits per heavy atom. The van der Waals surface area contributed by atoms with Crippen molar-refractivity contribution in [1.82, 2.24) is 0 Å². The summed E-state index contributed by atoms with van der Waals surface area (Å²) in [5.41, 5.74) is 6.21. The minimum Gasteiger partial charge on any atom is -0.466 e. The molecule has 3 rings (SSSR count). The van der Waals surface area contributed by atoms with Gasteiger partial charge < -0.3 is 10.5 Å². The molecule has 0 amide bonds. The van der Waals surface area contributed by atoms with E-state index in [1.54, 1.807) is 36.4 Å². The quantitative estimate of drug-likeness (QED) is 0.863. The van der Waals surface area contributed by atoms with Crippen molar-refractivity contribution in [3.8, 4) is 6.07 Å². The predicted octanol–water partition coefficient (Wildman–Crippen LogP) is 2.88. The molecule has 0 heterocycles. The number of methoxy groups -OCH3 is 1. The number of benzene rings is 2. The van der Waals surface area contributed by atoms with Crippen molar-refractivity contribution < 1.29 is 13.9 Å². The molecule has 0 radical (unpaired) electrons. The van der Waals surface area contributed by atoms with Crippen molar-refractivity contribution in [2.45, 2.75) is 11.8 Å². The van der Waals surface area contributed by atoms with Crippen molar-refractivity contribution in [3.05, 3.63) is 76.6 Å². The topological polar surface area (TPSA) is 76.1 Å². The summed E-state index contributed by atoms with van der Waals surface area (Å²) in [4.78, 5) is 12.1. The average Bonchev–Trinajstić information content (AvgIpc) is 2.62. The van der Waals surface area contributed by atoms with Crippen LogP contribution in [0.3, 0.4) is 0 Å². The minimum atomic E-state index is -1.20. The first-order chi connectivity index (χ1) is 11.5. The van der Waals surface area contributed by atoms with Gasteiger partial charge in [0.1, 0.15) is 11.2 Å². The Morgan fingerprint density at radius 2 is 1.96 bits per heavy atom. The number of rotatable bonds is 2. The molecule has 4 nitrogen and oxygen atoms in total. The molecule has 24 heavy (non-hydrogen) atoms. The summed E-state index contributed by atoms with van der Waals surface area (Å²) in [6.07, 6.45) is 0.0302. The van der Waals surface area contributed by atoms with Crippen LogP contribution in [-0.2, 0) is 14.9 Å². The highest BCUT2D eigenvalue weighted by atomic mass is 19.1. The van der Waals surface area contributed by atoms with Crippen molar-refractivity contribution in [2.24, 2.45) is 5.73 Å². The van der Waals surface area contributed by atoms with Crippen LogP contribution in [0.1, 0.15) is 23.1 Å². The van der Waals surface area contributed by atoms with E-state index in [4.69, 9.17) is 10.5 Å². The number of carbonyl (C=O) groups is 1. The Hall–Kier alpha value is -3.13. The van der Waals surface area contributed by atoms with Crippen molar-refractivity contribution in [2.75, 3.05) is 7.11 Å². The molecular formula is C19H15FN2O2. The van der Waals surface area contributed by atoms with Gasteiger partial charge in [-0.05, 0) is 17.2 Å². The zero-order valence-corrected chi connectivity index (χ0v) is 13.0. The Bertz CT molecular complexity index is 884. The average molecular weight is 322 g/mol. The van der Waals surface area contributed by atoms with Crippen LogP contribution < -0.4 is 5.73 Å². The first kappa shape index (κ1) is 15.8. The van der Waals surface area contributed by atoms with E-state index in [0.717, 1.165) is 0 Å². The maximum atomic E-state index is 14.5. The Balaban J connectivity index is 2.37. The first-order valence-electron chi connectivity index (χ1n) is 7.38. The van der Waals surface area contributed by atoms with Gasteiger partial charge in [-0.2, -0.15) is 5.26 Å². The summed E-state index contributed by atoms with van der Waals surface area (Å²) >= 11 is 0. The highest BCUT2D eigenvalue weighted by Gasteiger charge is 2.44. The van der Waals surface area contributed by atoms with Crippen LogP contribution in [0.15, 0.2) is 54.1 Å². The largest absolute Gasteiger partial charge is 0.466 e. The van der Waals surface area contributed by atoms with Crippen LogP contribution in [0.4, 0.5) is 4.39 Å². The van der Waals surface area contributed by atoms with E-state index in [-0.39, 0.29) is 23.3 Å². The standard InChI is InChI=1S/C19H15FN2O2/c1-24-18(23)13-10-19(11-21,12-6-3-2-4-7-12)14-8-5-9-15(20)16(14)17(13)22/h2-9H,10,22H2,1H3/t19-/m1/s1. The summed E-state index contributed by atoms with van der Waals surface area (Å²) in [5.74, 6) is -1.22. The van der Waals surface area contributed by atoms with Gasteiger partial charge in [0.15, 0.2) is 0 Å². The molecule has 0 bridgehead atoms. The van der Waals surface area contributed by atoms with Gasteiger partial charge in [0, 0.05) is 12.0 Å². The normalized spacial score (nSPS) is 19.4. The van der Waals surface area contributed by atoms with E-state index in [2.05, 4.69) is 6.07 Å². The molecule has 0 spiro atoms. The first-order valence-corrected chi connectivity index (χ1v) is 7.38. The second-order valence-corrected chi connectivity index (χ2v) is 5.61. The van der Waals surface area contributed by atoms with E-state index in [1.165, 1.54) is 13.2 Å². The SMILES string of the molecule is COC(=O)C1=C(N)c2c(F)cccc2[C@](C#N)(c2ccccc2)C1. The lowest BCUT2D eigenvalue weighted by atomic mass is 9.66. The Kier molecular flexibility index (Phi) is 3.82. The van der Waals surface area contributed by atoms with Crippen LogP contribution in [-0.4, -0.2) is 13.1 Å². The zero-order valence-electron chi connectivity index (χ0n) is 13.0. The number of ether oxygens (including phenoxy) is 1. The number of nitrogens with zero attached hydrogens (tertiary/aromatic N) is 1. The van der Waals surface area contributed by atoms with Crippen LogP contribution in [0, 0.1) is 17.1 Å². The minimum absolute atomic E-state index is 0.0248. The van der Waals surface area contributed by atoms with Crippen LogP contribution in [0.5, 0.6) is 0 Å². The van der Waals surface area contributed by atoms with Crippen molar-refractivity contribution >= 4 is 11.7 Å². The van der Waals surface area contributed by atoms with E-state index >= 15 is 0 Å². The Morgan fingerprint density at radius 3 is 2.58 bits per heavy atom. The number of carbonyl (C=O) groups excluding carboxylic acids is 1. The summed E-state index contributed by atoms with van der Waals surface area (Å²) < 4.78 is 19.3. The maximum absolute atomic E-state index is 14.5. The molecule has 120 valence electrons. The number of nitrogens with two attached hydrogens (primary N) is 1. The van der Waals surface area contributed by atoms with Gasteiger partial charge in [0.25, 0.3) is 0 Å². The van der Waals surface area contributed by atoms with Gasteiger partial charge in [-0.15, -0.1) is 0 Å². The van der Waals surface area contributed by atoms with Gasteiger partial charge in [-0.3, -0.25) is 0 Å². The third-order valence-electron chi connectivity index (χ3n) is 4.40. The van der Waals surface area contributed by atoms with E-state index in [1.807, 2.05) is 6.07 Å². The summed E-state index contributed by atoms with van der Waals surface area (Å²) in [6.45, 7) is 0. The lowest BCUT2D eigenvalue weighted by Crippen LogP contribution is -2.35. The molecule has 5 heteroatoms. The number of hydrogen-bond acceptors (Lipinski definition) is 4. The molecule has 2 N–H and O–H groups in total. The summed E-state index contributed by atoms with van der Waals surface area (Å²) in [7, 11) is 1.23. The van der Waals surface area contributed by atoms with Crippen molar-refractivity contribution in [3.63, 3.8) is 0 Å². The fourth-order valence-corrected chi connectivity index (χ4v) is 3.21. The van der Waals surface area contributed by atoms with Crippen molar-refractivity contribution in [1.29, 1.82) is 5.26 Å². The molecule has 0 unspecified atom stereocenters. The third-order valence-corrected chi connectivity index (χ3v) is 4.40. The van der Waals surface area contributed by atoms with Gasteiger partial charge in [0.05, 0.1) is 24.4 Å². The molecule has 0 aromatic heterocycles. The van der Waals surface area contributed by atoms with Crippen LogP contribution in [0.2, 0.25) is 0 Å². The van der Waals surface area contributed by atoms with Gasteiger partial charge >= 0.3 is 5.97 Å². The zero-order chi connectivity index (χ0) is 17.3. The molecular weight excluding hydrogens is 307 g/mol. The number of nitriles is 1. The second kappa shape index (κ2) is 5.82. The molecule has 1 atom stereocenters. The third kappa shape index (κ3) is 2.16. The molecule has 2 aromatic carbocycles. The molecule has 1 aliphatic rings. The highest BCUT2D eigenvalue weighted by molar-refractivity contribution is 5.99. The number of halogens is 1. The van der Waals surface area contributed by atoms with E-state index < -0.39 is 17.2 Å².